The summed E-state index contributed by atoms with van der Waals surface area (Å²) in [5, 5.41) is 4.50. The van der Waals surface area contributed by atoms with E-state index in [1.807, 2.05) is 13.8 Å². The Morgan fingerprint density at radius 2 is 1.86 bits per heavy atom. The molecule has 1 aromatic heterocycles. The second-order valence-electron chi connectivity index (χ2n) is 6.89. The normalized spacial score (nSPS) is 14.7. The number of nitrogens with zero attached hydrogens (tertiary/aromatic N) is 2. The van der Waals surface area contributed by atoms with E-state index in [1.54, 1.807) is 12.1 Å². The predicted molar refractivity (Wildman–Crippen MR) is 88.8 cm³/mol. The number of aryl methyl sites for hydroxylation is 2. The number of hydrogen-bond acceptors (Lipinski definition) is 3. The Labute approximate surface area is 131 Å². The highest BCUT2D eigenvalue weighted by atomic mass is 16.1. The summed E-state index contributed by atoms with van der Waals surface area (Å²) in [4.78, 5) is 12.0. The zero-order valence-electron chi connectivity index (χ0n) is 13.3. The minimum Gasteiger partial charge on any atom is -0.324 e. The lowest BCUT2D eigenvalue weighted by molar-refractivity contribution is 0.397. The molecular formula is C18H23N3O. The maximum Gasteiger partial charge on any atom is 0.266 e. The average molecular weight is 297 g/mol. The van der Waals surface area contributed by atoms with Gasteiger partial charge in [0.2, 0.25) is 0 Å². The largest absolute Gasteiger partial charge is 0.324 e. The van der Waals surface area contributed by atoms with E-state index >= 15 is 0 Å². The lowest BCUT2D eigenvalue weighted by atomic mass is 9.90. The number of fused-ring (bicyclic) bond motifs is 1. The molecule has 2 aromatic rings. The third kappa shape index (κ3) is 3.28. The monoisotopic (exact) mass is 297 g/mol. The first kappa shape index (κ1) is 15.0. The summed E-state index contributed by atoms with van der Waals surface area (Å²) in [6, 6.07) is 9.91. The molecule has 0 spiro atoms. The van der Waals surface area contributed by atoms with Gasteiger partial charge in [0.25, 0.3) is 5.56 Å². The van der Waals surface area contributed by atoms with Crippen LogP contribution in [0.3, 0.4) is 0 Å². The van der Waals surface area contributed by atoms with E-state index in [4.69, 9.17) is 5.73 Å². The van der Waals surface area contributed by atoms with Gasteiger partial charge in [0.1, 0.15) is 0 Å². The lowest BCUT2D eigenvalue weighted by Gasteiger charge is -2.20. The van der Waals surface area contributed by atoms with Crippen molar-refractivity contribution < 1.29 is 0 Å². The summed E-state index contributed by atoms with van der Waals surface area (Å²) >= 11 is 0. The van der Waals surface area contributed by atoms with Crippen LogP contribution in [0.2, 0.25) is 0 Å². The van der Waals surface area contributed by atoms with Gasteiger partial charge in [-0.15, -0.1) is 0 Å². The summed E-state index contributed by atoms with van der Waals surface area (Å²) in [6.07, 6.45) is 4.84. The second kappa shape index (κ2) is 5.69. The molecule has 1 aliphatic carbocycles. The molecule has 1 aliphatic rings. The highest BCUT2D eigenvalue weighted by molar-refractivity contribution is 5.60. The van der Waals surface area contributed by atoms with E-state index < -0.39 is 5.54 Å². The van der Waals surface area contributed by atoms with Crippen molar-refractivity contribution in [3.8, 4) is 11.3 Å². The smallest absolute Gasteiger partial charge is 0.266 e. The number of hydrogen-bond donors (Lipinski definition) is 1. The Balaban J connectivity index is 1.98. The van der Waals surface area contributed by atoms with E-state index in [2.05, 4.69) is 23.3 Å². The molecule has 1 aromatic carbocycles. The van der Waals surface area contributed by atoms with E-state index in [0.717, 1.165) is 17.7 Å². The SMILES string of the molecule is CC(C)(N)Cn1nc(-c2ccc3c(c2)CCCC3)ccc1=O. The zero-order chi connectivity index (χ0) is 15.7. The Bertz CT molecular complexity index is 741. The van der Waals surface area contributed by atoms with Crippen molar-refractivity contribution >= 4 is 0 Å². The standard InChI is InChI=1S/C18H23N3O/c1-18(2,19)12-21-17(22)10-9-16(20-21)15-8-7-13-5-3-4-6-14(13)11-15/h7-11H,3-6,12,19H2,1-2H3. The molecule has 4 heteroatoms. The number of nitrogens with two attached hydrogens (primary N) is 1. The van der Waals surface area contributed by atoms with E-state index in [1.165, 1.54) is 35.1 Å². The van der Waals surface area contributed by atoms with Gasteiger partial charge >= 0.3 is 0 Å². The topological polar surface area (TPSA) is 60.9 Å². The van der Waals surface area contributed by atoms with Gasteiger partial charge in [0.15, 0.2) is 0 Å². The van der Waals surface area contributed by atoms with E-state index in [-0.39, 0.29) is 5.56 Å². The van der Waals surface area contributed by atoms with Crippen LogP contribution in [0.1, 0.15) is 37.8 Å². The van der Waals surface area contributed by atoms with Gasteiger partial charge in [-0.05, 0) is 62.8 Å². The fraction of sp³-hybridized carbons (Fsp3) is 0.444. The molecule has 0 saturated heterocycles. The molecule has 0 amide bonds. The zero-order valence-corrected chi connectivity index (χ0v) is 13.3. The first-order chi connectivity index (χ1) is 10.4. The van der Waals surface area contributed by atoms with Gasteiger partial charge in [0, 0.05) is 17.2 Å². The van der Waals surface area contributed by atoms with Gasteiger partial charge in [-0.3, -0.25) is 4.79 Å². The molecule has 3 rings (SSSR count). The summed E-state index contributed by atoms with van der Waals surface area (Å²) in [5.74, 6) is 0. The Morgan fingerprint density at radius 3 is 2.59 bits per heavy atom. The average Bonchev–Trinajstić information content (AvgIpc) is 2.48. The third-order valence-electron chi connectivity index (χ3n) is 4.07. The molecule has 22 heavy (non-hydrogen) atoms. The molecule has 0 saturated carbocycles. The van der Waals surface area contributed by atoms with Crippen molar-refractivity contribution in [3.63, 3.8) is 0 Å². The van der Waals surface area contributed by atoms with Crippen molar-refractivity contribution in [2.24, 2.45) is 5.73 Å². The maximum absolute atomic E-state index is 12.0. The number of aromatic nitrogens is 2. The molecule has 0 unspecified atom stereocenters. The molecular weight excluding hydrogens is 274 g/mol. The van der Waals surface area contributed by atoms with Gasteiger partial charge in [0.05, 0.1) is 12.2 Å². The molecule has 0 bridgehead atoms. The third-order valence-corrected chi connectivity index (χ3v) is 4.07. The van der Waals surface area contributed by atoms with Gasteiger partial charge in [-0.1, -0.05) is 12.1 Å². The molecule has 0 radical (unpaired) electrons. The van der Waals surface area contributed by atoms with Crippen LogP contribution in [-0.4, -0.2) is 15.3 Å². The Kier molecular flexibility index (Phi) is 3.87. The van der Waals surface area contributed by atoms with Gasteiger partial charge in [-0.2, -0.15) is 5.10 Å². The van der Waals surface area contributed by atoms with E-state index in [0.29, 0.717) is 6.54 Å². The first-order valence-corrected chi connectivity index (χ1v) is 7.92. The number of benzene rings is 1. The van der Waals surface area contributed by atoms with Crippen molar-refractivity contribution in [3.05, 3.63) is 51.8 Å². The summed E-state index contributed by atoms with van der Waals surface area (Å²) in [7, 11) is 0. The van der Waals surface area contributed by atoms with Crippen LogP contribution >= 0.6 is 0 Å². The number of rotatable bonds is 3. The molecule has 2 N–H and O–H groups in total. The lowest BCUT2D eigenvalue weighted by Crippen LogP contribution is -2.41. The Hall–Kier alpha value is -1.94. The van der Waals surface area contributed by atoms with Crippen LogP contribution in [0.5, 0.6) is 0 Å². The molecule has 0 fully saturated rings. The van der Waals surface area contributed by atoms with Crippen LogP contribution < -0.4 is 11.3 Å². The minimum atomic E-state index is -0.467. The van der Waals surface area contributed by atoms with Crippen molar-refractivity contribution in [2.45, 2.75) is 51.6 Å². The van der Waals surface area contributed by atoms with Gasteiger partial charge in [-0.25, -0.2) is 4.68 Å². The van der Waals surface area contributed by atoms with Crippen LogP contribution in [-0.2, 0) is 19.4 Å². The Morgan fingerprint density at radius 1 is 1.14 bits per heavy atom. The van der Waals surface area contributed by atoms with Crippen molar-refractivity contribution in [1.29, 1.82) is 0 Å². The molecule has 0 atom stereocenters. The predicted octanol–water partition coefficient (Wildman–Crippen LogP) is 2.53. The fourth-order valence-corrected chi connectivity index (χ4v) is 2.99. The molecule has 0 aliphatic heterocycles. The summed E-state index contributed by atoms with van der Waals surface area (Å²) < 4.78 is 1.47. The molecule has 116 valence electrons. The molecule has 4 nitrogen and oxygen atoms in total. The fourth-order valence-electron chi connectivity index (χ4n) is 2.99. The van der Waals surface area contributed by atoms with Gasteiger partial charge < -0.3 is 5.73 Å². The van der Waals surface area contributed by atoms with Crippen LogP contribution in [0.25, 0.3) is 11.3 Å². The van der Waals surface area contributed by atoms with Crippen LogP contribution in [0.15, 0.2) is 35.1 Å². The highest BCUT2D eigenvalue weighted by Gasteiger charge is 2.15. The van der Waals surface area contributed by atoms with Crippen molar-refractivity contribution in [1.82, 2.24) is 9.78 Å². The van der Waals surface area contributed by atoms with E-state index in [9.17, 15) is 4.79 Å². The van der Waals surface area contributed by atoms with Crippen LogP contribution in [0.4, 0.5) is 0 Å². The second-order valence-corrected chi connectivity index (χ2v) is 6.89. The summed E-state index contributed by atoms with van der Waals surface area (Å²) in [5.41, 5.74) is 10.2. The summed E-state index contributed by atoms with van der Waals surface area (Å²) in [6.45, 7) is 4.20. The first-order valence-electron chi connectivity index (χ1n) is 7.92. The minimum absolute atomic E-state index is 0.111. The quantitative estimate of drug-likeness (QED) is 0.947. The molecule has 1 heterocycles. The highest BCUT2D eigenvalue weighted by Crippen LogP contribution is 2.26. The van der Waals surface area contributed by atoms with Crippen LogP contribution in [0, 0.1) is 0 Å². The maximum atomic E-state index is 12.0. The van der Waals surface area contributed by atoms with Crippen molar-refractivity contribution in [2.75, 3.05) is 0 Å².